The van der Waals surface area contributed by atoms with Gasteiger partial charge in [0.2, 0.25) is 0 Å². The van der Waals surface area contributed by atoms with Crippen LogP contribution in [0.25, 0.3) is 0 Å². The normalized spacial score (nSPS) is 9.91. The van der Waals surface area contributed by atoms with Crippen molar-refractivity contribution in [1.82, 2.24) is 15.3 Å². The van der Waals surface area contributed by atoms with E-state index in [2.05, 4.69) is 15.3 Å². The molecule has 22 heavy (non-hydrogen) atoms. The Morgan fingerprint density at radius 1 is 1.32 bits per heavy atom. The Labute approximate surface area is 129 Å². The van der Waals surface area contributed by atoms with Crippen LogP contribution in [0.15, 0.2) is 30.3 Å². The van der Waals surface area contributed by atoms with Gasteiger partial charge in [-0.05, 0) is 25.1 Å². The molecule has 0 radical (unpaired) electrons. The molecule has 0 fully saturated rings. The highest BCUT2D eigenvalue weighted by Crippen LogP contribution is 2.09. The molecule has 6 nitrogen and oxygen atoms in total. The number of anilines is 1. The fourth-order valence-corrected chi connectivity index (χ4v) is 1.91. The number of rotatable bonds is 4. The summed E-state index contributed by atoms with van der Waals surface area (Å²) < 4.78 is 0. The monoisotopic (exact) mass is 295 g/mol. The fourth-order valence-electron chi connectivity index (χ4n) is 1.91. The molecule has 0 aliphatic heterocycles. The number of amides is 1. The SMILES string of the molecule is Cc1cc(N(C)C)nc(CNC(=O)c2cccc(C#N)c2)n1. The number of nitrogens with one attached hydrogen (secondary N) is 1. The zero-order chi connectivity index (χ0) is 16.1. The van der Waals surface area contributed by atoms with E-state index >= 15 is 0 Å². The average Bonchev–Trinajstić information content (AvgIpc) is 2.52. The second kappa shape index (κ2) is 6.68. The lowest BCUT2D eigenvalue weighted by molar-refractivity contribution is 0.0950. The van der Waals surface area contributed by atoms with Crippen LogP contribution < -0.4 is 10.2 Å². The molecule has 1 N–H and O–H groups in total. The summed E-state index contributed by atoms with van der Waals surface area (Å²) in [5, 5.41) is 11.6. The Bertz CT molecular complexity index is 734. The molecule has 2 aromatic rings. The molecule has 1 aromatic heterocycles. The first kappa shape index (κ1) is 15.4. The van der Waals surface area contributed by atoms with E-state index in [-0.39, 0.29) is 12.5 Å². The molecule has 1 amide bonds. The predicted octanol–water partition coefficient (Wildman–Crippen LogP) is 1.65. The number of benzene rings is 1. The molecular weight excluding hydrogens is 278 g/mol. The number of nitrogens with zero attached hydrogens (tertiary/aromatic N) is 4. The Kier molecular flexibility index (Phi) is 4.69. The van der Waals surface area contributed by atoms with Gasteiger partial charge in [-0.25, -0.2) is 9.97 Å². The summed E-state index contributed by atoms with van der Waals surface area (Å²) in [5.74, 6) is 1.09. The zero-order valence-corrected chi connectivity index (χ0v) is 12.8. The minimum atomic E-state index is -0.256. The molecule has 0 bridgehead atoms. The van der Waals surface area contributed by atoms with Crippen LogP contribution in [0, 0.1) is 18.3 Å². The number of hydrogen-bond acceptors (Lipinski definition) is 5. The topological polar surface area (TPSA) is 81.9 Å². The summed E-state index contributed by atoms with van der Waals surface area (Å²) >= 11 is 0. The van der Waals surface area contributed by atoms with Gasteiger partial charge in [-0.2, -0.15) is 5.26 Å². The third kappa shape index (κ3) is 3.79. The van der Waals surface area contributed by atoms with E-state index in [0.29, 0.717) is 17.0 Å². The second-order valence-corrected chi connectivity index (χ2v) is 5.05. The highest BCUT2D eigenvalue weighted by Gasteiger charge is 2.08. The van der Waals surface area contributed by atoms with E-state index in [1.165, 1.54) is 0 Å². The lowest BCUT2D eigenvalue weighted by Crippen LogP contribution is -2.24. The first-order chi connectivity index (χ1) is 10.5. The van der Waals surface area contributed by atoms with Crippen molar-refractivity contribution in [2.24, 2.45) is 0 Å². The van der Waals surface area contributed by atoms with Crippen molar-refractivity contribution in [3.63, 3.8) is 0 Å². The van der Waals surface area contributed by atoms with E-state index in [1.807, 2.05) is 38.1 Å². The van der Waals surface area contributed by atoms with Gasteiger partial charge in [-0.1, -0.05) is 6.07 Å². The van der Waals surface area contributed by atoms with Gasteiger partial charge in [0.1, 0.15) is 11.6 Å². The van der Waals surface area contributed by atoms with Gasteiger partial charge in [-0.15, -0.1) is 0 Å². The molecule has 1 heterocycles. The molecular formula is C16H17N5O. The number of carbonyl (C=O) groups is 1. The second-order valence-electron chi connectivity index (χ2n) is 5.05. The molecule has 0 saturated carbocycles. The van der Waals surface area contributed by atoms with E-state index < -0.39 is 0 Å². The number of aromatic nitrogens is 2. The highest BCUT2D eigenvalue weighted by atomic mass is 16.1. The number of carbonyl (C=O) groups excluding carboxylic acids is 1. The van der Waals surface area contributed by atoms with Gasteiger partial charge in [0.15, 0.2) is 0 Å². The molecule has 0 aliphatic rings. The Balaban J connectivity index is 2.09. The van der Waals surface area contributed by atoms with E-state index in [0.717, 1.165) is 11.5 Å². The van der Waals surface area contributed by atoms with E-state index in [1.54, 1.807) is 24.3 Å². The lowest BCUT2D eigenvalue weighted by Gasteiger charge is -2.13. The van der Waals surface area contributed by atoms with Crippen LogP contribution in [0.4, 0.5) is 5.82 Å². The highest BCUT2D eigenvalue weighted by molar-refractivity contribution is 5.94. The Morgan fingerprint density at radius 2 is 2.09 bits per heavy atom. The summed E-state index contributed by atoms with van der Waals surface area (Å²) in [6, 6.07) is 10.4. The van der Waals surface area contributed by atoms with Crippen molar-refractivity contribution in [1.29, 1.82) is 5.26 Å². The average molecular weight is 295 g/mol. The summed E-state index contributed by atoms with van der Waals surface area (Å²) in [6.45, 7) is 2.12. The molecule has 0 unspecified atom stereocenters. The maximum absolute atomic E-state index is 12.1. The summed E-state index contributed by atoms with van der Waals surface area (Å²) in [6.07, 6.45) is 0. The van der Waals surface area contributed by atoms with Crippen LogP contribution in [0.5, 0.6) is 0 Å². The molecule has 112 valence electrons. The third-order valence-corrected chi connectivity index (χ3v) is 3.01. The number of nitriles is 1. The van der Waals surface area contributed by atoms with Crippen molar-refractivity contribution in [3.8, 4) is 6.07 Å². The van der Waals surface area contributed by atoms with Crippen molar-refractivity contribution in [2.75, 3.05) is 19.0 Å². The molecule has 0 saturated heterocycles. The first-order valence-electron chi connectivity index (χ1n) is 6.80. The molecule has 6 heteroatoms. The maximum atomic E-state index is 12.1. The largest absolute Gasteiger partial charge is 0.363 e. The molecule has 1 aromatic carbocycles. The quantitative estimate of drug-likeness (QED) is 0.927. The van der Waals surface area contributed by atoms with Gasteiger partial charge in [0.25, 0.3) is 5.91 Å². The fraction of sp³-hybridized carbons (Fsp3) is 0.250. The maximum Gasteiger partial charge on any atom is 0.251 e. The van der Waals surface area contributed by atoms with Gasteiger partial charge >= 0.3 is 0 Å². The zero-order valence-electron chi connectivity index (χ0n) is 12.8. The van der Waals surface area contributed by atoms with Crippen molar-refractivity contribution in [2.45, 2.75) is 13.5 Å². The number of hydrogen-bond donors (Lipinski definition) is 1. The molecule has 2 rings (SSSR count). The van der Waals surface area contributed by atoms with Crippen LogP contribution in [-0.4, -0.2) is 30.0 Å². The molecule has 0 aliphatic carbocycles. The van der Waals surface area contributed by atoms with E-state index in [9.17, 15) is 4.79 Å². The lowest BCUT2D eigenvalue weighted by atomic mass is 10.1. The minimum absolute atomic E-state index is 0.234. The van der Waals surface area contributed by atoms with Crippen molar-refractivity contribution < 1.29 is 4.79 Å². The van der Waals surface area contributed by atoms with Gasteiger partial charge in [0, 0.05) is 31.4 Å². The summed E-state index contributed by atoms with van der Waals surface area (Å²) in [4.78, 5) is 22.7. The third-order valence-electron chi connectivity index (χ3n) is 3.01. The van der Waals surface area contributed by atoms with E-state index in [4.69, 9.17) is 5.26 Å². The van der Waals surface area contributed by atoms with Crippen LogP contribution in [0.2, 0.25) is 0 Å². The minimum Gasteiger partial charge on any atom is -0.363 e. The van der Waals surface area contributed by atoms with Crippen LogP contribution in [0.3, 0.4) is 0 Å². The number of aryl methyl sites for hydroxylation is 1. The standard InChI is InChI=1S/C16H17N5O/c1-11-7-15(21(2)3)20-14(19-11)10-18-16(22)13-6-4-5-12(8-13)9-17/h4-8H,10H2,1-3H3,(H,18,22). The van der Waals surface area contributed by atoms with Crippen LogP contribution >= 0.6 is 0 Å². The molecule has 0 spiro atoms. The van der Waals surface area contributed by atoms with Crippen molar-refractivity contribution >= 4 is 11.7 Å². The Morgan fingerprint density at radius 3 is 2.77 bits per heavy atom. The Hall–Kier alpha value is -2.94. The first-order valence-corrected chi connectivity index (χ1v) is 6.80. The summed E-state index contributed by atoms with van der Waals surface area (Å²) in [5.41, 5.74) is 1.74. The smallest absolute Gasteiger partial charge is 0.251 e. The van der Waals surface area contributed by atoms with Gasteiger partial charge in [0.05, 0.1) is 18.2 Å². The molecule has 0 atom stereocenters. The predicted molar refractivity (Wildman–Crippen MR) is 83.4 cm³/mol. The van der Waals surface area contributed by atoms with Crippen molar-refractivity contribution in [3.05, 3.63) is 53.0 Å². The summed E-state index contributed by atoms with van der Waals surface area (Å²) in [7, 11) is 3.80. The van der Waals surface area contributed by atoms with Crippen LogP contribution in [0.1, 0.15) is 27.4 Å². The van der Waals surface area contributed by atoms with Gasteiger partial charge in [-0.3, -0.25) is 4.79 Å². The van der Waals surface area contributed by atoms with Crippen LogP contribution in [-0.2, 0) is 6.54 Å². The van der Waals surface area contributed by atoms with Gasteiger partial charge < -0.3 is 10.2 Å².